The van der Waals surface area contributed by atoms with Gasteiger partial charge in [-0.05, 0) is 12.3 Å². The molecule has 19 heavy (non-hydrogen) atoms. The van der Waals surface area contributed by atoms with E-state index in [-0.39, 0.29) is 18.1 Å². The number of hydrogen-bond donors (Lipinski definition) is 2. The van der Waals surface area contributed by atoms with E-state index in [4.69, 9.17) is 15.2 Å². The molecule has 2 aliphatic rings. The Morgan fingerprint density at radius 2 is 2.05 bits per heavy atom. The predicted molar refractivity (Wildman–Crippen MR) is 72.7 cm³/mol. The summed E-state index contributed by atoms with van der Waals surface area (Å²) in [6.07, 6.45) is 7.13. The molecule has 2 atom stereocenters. The van der Waals surface area contributed by atoms with Gasteiger partial charge in [0.25, 0.3) is 0 Å². The second-order valence-corrected chi connectivity index (χ2v) is 5.66. The van der Waals surface area contributed by atoms with Crippen molar-refractivity contribution in [3.63, 3.8) is 0 Å². The Balaban J connectivity index is 1.63. The highest BCUT2D eigenvalue weighted by atomic mass is 16.6. The number of nitrogens with one attached hydrogen (secondary N) is 1. The van der Waals surface area contributed by atoms with Crippen LogP contribution in [0, 0.1) is 5.92 Å². The zero-order chi connectivity index (χ0) is 13.5. The molecule has 0 aromatic rings. The number of ether oxygens (including phenoxy) is 2. The molecular formula is C14H26N2O3. The average molecular weight is 270 g/mol. The number of carbonyl (C=O) groups excluding carboxylic acids is 1. The van der Waals surface area contributed by atoms with Crippen LogP contribution in [0.1, 0.15) is 38.5 Å². The topological polar surface area (TPSA) is 73.6 Å². The molecule has 2 rings (SSSR count). The van der Waals surface area contributed by atoms with Crippen molar-refractivity contribution in [3.8, 4) is 0 Å². The van der Waals surface area contributed by atoms with Gasteiger partial charge < -0.3 is 20.5 Å². The van der Waals surface area contributed by atoms with Crippen LogP contribution in [0.4, 0.5) is 0 Å². The van der Waals surface area contributed by atoms with E-state index in [0.29, 0.717) is 32.3 Å². The first-order valence-corrected chi connectivity index (χ1v) is 7.48. The van der Waals surface area contributed by atoms with Gasteiger partial charge in [0.05, 0.1) is 32.0 Å². The van der Waals surface area contributed by atoms with E-state index >= 15 is 0 Å². The summed E-state index contributed by atoms with van der Waals surface area (Å²) in [6, 6.07) is -0.382. The molecule has 0 spiro atoms. The normalized spacial score (nSPS) is 26.9. The first-order chi connectivity index (χ1) is 9.25. The summed E-state index contributed by atoms with van der Waals surface area (Å²) in [5.41, 5.74) is 5.98. The molecule has 1 saturated carbocycles. The van der Waals surface area contributed by atoms with Gasteiger partial charge in [-0.15, -0.1) is 0 Å². The van der Waals surface area contributed by atoms with Gasteiger partial charge in [0.2, 0.25) is 5.91 Å². The SMILES string of the molecule is NC(CC1CCCCC1)C(=O)NCC1COCCO1. The fraction of sp³-hybridized carbons (Fsp3) is 0.929. The standard InChI is InChI=1S/C14H26N2O3/c15-13(8-11-4-2-1-3-5-11)14(17)16-9-12-10-18-6-7-19-12/h11-13H,1-10,15H2,(H,16,17). The summed E-state index contributed by atoms with van der Waals surface area (Å²) >= 11 is 0. The first-order valence-electron chi connectivity index (χ1n) is 7.48. The summed E-state index contributed by atoms with van der Waals surface area (Å²) in [5, 5.41) is 2.87. The van der Waals surface area contributed by atoms with Crippen LogP contribution >= 0.6 is 0 Å². The van der Waals surface area contributed by atoms with Crippen LogP contribution in [0.25, 0.3) is 0 Å². The van der Waals surface area contributed by atoms with Crippen LogP contribution < -0.4 is 11.1 Å². The van der Waals surface area contributed by atoms with E-state index in [1.165, 1.54) is 32.1 Å². The largest absolute Gasteiger partial charge is 0.376 e. The van der Waals surface area contributed by atoms with Crippen molar-refractivity contribution in [1.29, 1.82) is 0 Å². The number of nitrogens with two attached hydrogens (primary N) is 1. The van der Waals surface area contributed by atoms with E-state index in [1.807, 2.05) is 0 Å². The second-order valence-electron chi connectivity index (χ2n) is 5.66. The lowest BCUT2D eigenvalue weighted by Crippen LogP contribution is -2.46. The molecule has 1 amide bonds. The molecule has 0 bridgehead atoms. The maximum Gasteiger partial charge on any atom is 0.237 e. The third-order valence-electron chi connectivity index (χ3n) is 4.04. The van der Waals surface area contributed by atoms with Crippen molar-refractivity contribution in [1.82, 2.24) is 5.32 Å². The third kappa shape index (κ3) is 5.09. The summed E-state index contributed by atoms with van der Waals surface area (Å²) in [4.78, 5) is 11.9. The van der Waals surface area contributed by atoms with Crippen molar-refractivity contribution in [2.45, 2.75) is 50.7 Å². The number of amides is 1. The zero-order valence-electron chi connectivity index (χ0n) is 11.6. The van der Waals surface area contributed by atoms with Crippen LogP contribution in [0.2, 0.25) is 0 Å². The highest BCUT2D eigenvalue weighted by molar-refractivity contribution is 5.81. The Kier molecular flexibility index (Phi) is 6.07. The molecule has 3 N–H and O–H groups in total. The zero-order valence-corrected chi connectivity index (χ0v) is 11.6. The molecular weight excluding hydrogens is 244 g/mol. The van der Waals surface area contributed by atoms with E-state index < -0.39 is 0 Å². The Morgan fingerprint density at radius 3 is 2.74 bits per heavy atom. The molecule has 0 aromatic heterocycles. The van der Waals surface area contributed by atoms with E-state index in [0.717, 1.165) is 6.42 Å². The van der Waals surface area contributed by atoms with E-state index in [9.17, 15) is 4.79 Å². The lowest BCUT2D eigenvalue weighted by atomic mass is 9.85. The van der Waals surface area contributed by atoms with Crippen molar-refractivity contribution in [2.24, 2.45) is 11.7 Å². The Morgan fingerprint density at radius 1 is 1.26 bits per heavy atom. The highest BCUT2D eigenvalue weighted by Gasteiger charge is 2.22. The van der Waals surface area contributed by atoms with Crippen LogP contribution in [-0.2, 0) is 14.3 Å². The smallest absolute Gasteiger partial charge is 0.237 e. The van der Waals surface area contributed by atoms with Crippen LogP contribution in [0.5, 0.6) is 0 Å². The lowest BCUT2D eigenvalue weighted by molar-refractivity contribution is -0.125. The molecule has 2 unspecified atom stereocenters. The monoisotopic (exact) mass is 270 g/mol. The van der Waals surface area contributed by atoms with Crippen molar-refractivity contribution in [3.05, 3.63) is 0 Å². The van der Waals surface area contributed by atoms with Crippen molar-refractivity contribution >= 4 is 5.91 Å². The van der Waals surface area contributed by atoms with Gasteiger partial charge in [0.15, 0.2) is 0 Å². The lowest BCUT2D eigenvalue weighted by Gasteiger charge is -2.26. The molecule has 1 aliphatic heterocycles. The first kappa shape index (κ1) is 14.8. The summed E-state index contributed by atoms with van der Waals surface area (Å²) in [6.45, 7) is 2.30. The van der Waals surface area contributed by atoms with Gasteiger partial charge in [-0.25, -0.2) is 0 Å². The van der Waals surface area contributed by atoms with E-state index in [2.05, 4.69) is 5.32 Å². The second kappa shape index (κ2) is 7.82. The molecule has 0 aromatic carbocycles. The molecule has 5 heteroatoms. The molecule has 1 saturated heterocycles. The van der Waals surface area contributed by atoms with Crippen LogP contribution in [-0.4, -0.2) is 44.4 Å². The fourth-order valence-electron chi connectivity index (χ4n) is 2.89. The maximum absolute atomic E-state index is 11.9. The van der Waals surface area contributed by atoms with E-state index in [1.54, 1.807) is 0 Å². The summed E-state index contributed by atoms with van der Waals surface area (Å²) in [7, 11) is 0. The fourth-order valence-corrected chi connectivity index (χ4v) is 2.89. The number of carbonyl (C=O) groups is 1. The van der Waals surface area contributed by atoms with Crippen LogP contribution in [0.15, 0.2) is 0 Å². The average Bonchev–Trinajstić information content (AvgIpc) is 2.47. The summed E-state index contributed by atoms with van der Waals surface area (Å²) in [5.74, 6) is 0.573. The van der Waals surface area contributed by atoms with Gasteiger partial charge in [0.1, 0.15) is 0 Å². The van der Waals surface area contributed by atoms with Gasteiger partial charge in [-0.3, -0.25) is 4.79 Å². The molecule has 110 valence electrons. The highest BCUT2D eigenvalue weighted by Crippen LogP contribution is 2.26. The minimum absolute atomic E-state index is 0.0282. The van der Waals surface area contributed by atoms with Crippen LogP contribution in [0.3, 0.4) is 0 Å². The number of hydrogen-bond acceptors (Lipinski definition) is 4. The quantitative estimate of drug-likeness (QED) is 0.775. The molecule has 1 aliphatic carbocycles. The van der Waals surface area contributed by atoms with Gasteiger partial charge >= 0.3 is 0 Å². The van der Waals surface area contributed by atoms with Gasteiger partial charge in [-0.1, -0.05) is 32.1 Å². The summed E-state index contributed by atoms with van der Waals surface area (Å²) < 4.78 is 10.8. The minimum Gasteiger partial charge on any atom is -0.376 e. The molecule has 2 fully saturated rings. The minimum atomic E-state index is -0.382. The Labute approximate surface area is 115 Å². The molecule has 1 heterocycles. The van der Waals surface area contributed by atoms with Crippen molar-refractivity contribution < 1.29 is 14.3 Å². The predicted octanol–water partition coefficient (Wildman–Crippen LogP) is 0.816. The van der Waals surface area contributed by atoms with Gasteiger partial charge in [0, 0.05) is 6.54 Å². The molecule has 0 radical (unpaired) electrons. The maximum atomic E-state index is 11.9. The molecule has 5 nitrogen and oxygen atoms in total. The Hall–Kier alpha value is -0.650. The van der Waals surface area contributed by atoms with Crippen molar-refractivity contribution in [2.75, 3.05) is 26.4 Å². The third-order valence-corrected chi connectivity index (χ3v) is 4.04. The number of rotatable bonds is 5. The van der Waals surface area contributed by atoms with Gasteiger partial charge in [-0.2, -0.15) is 0 Å². The Bertz CT molecular complexity index is 274.